The lowest BCUT2D eigenvalue weighted by Gasteiger charge is -2.30. The maximum absolute atomic E-state index is 3.91. The normalized spacial score (nSPS) is 23.7. The van der Waals surface area contributed by atoms with Gasteiger partial charge in [0.2, 0.25) is 5.95 Å². The van der Waals surface area contributed by atoms with E-state index in [1.54, 1.807) is 4.68 Å². The van der Waals surface area contributed by atoms with Crippen LogP contribution in [0.4, 0.5) is 5.95 Å². The summed E-state index contributed by atoms with van der Waals surface area (Å²) in [6, 6.07) is 0.471. The Morgan fingerprint density at radius 2 is 2.29 bits per heavy atom. The second kappa shape index (κ2) is 3.91. The number of likely N-dealkylation sites (tertiary alicyclic amines) is 1. The van der Waals surface area contributed by atoms with Crippen LogP contribution in [-0.4, -0.2) is 51.3 Å². The summed E-state index contributed by atoms with van der Waals surface area (Å²) in [5.41, 5.74) is 0. The summed E-state index contributed by atoms with van der Waals surface area (Å²) < 4.78 is 1.66. The van der Waals surface area contributed by atoms with Crippen LogP contribution in [0.2, 0.25) is 0 Å². The number of likely N-dealkylation sites (N-methyl/N-ethyl adjacent to an activating group) is 1. The lowest BCUT2D eigenvalue weighted by molar-refractivity contribution is 0.260. The smallest absolute Gasteiger partial charge is 0.242 e. The van der Waals surface area contributed by atoms with E-state index in [4.69, 9.17) is 0 Å². The van der Waals surface area contributed by atoms with Crippen molar-refractivity contribution in [3.63, 3.8) is 0 Å². The highest BCUT2D eigenvalue weighted by Crippen LogP contribution is 2.11. The van der Waals surface area contributed by atoms with Crippen molar-refractivity contribution in [1.29, 1.82) is 0 Å². The minimum Gasteiger partial charge on any atom is -0.349 e. The molecule has 1 atom stereocenters. The first-order chi connectivity index (χ1) is 6.75. The molecule has 0 bridgehead atoms. The summed E-state index contributed by atoms with van der Waals surface area (Å²) in [6.45, 7) is 2.25. The lowest BCUT2D eigenvalue weighted by atomic mass is 10.1. The minimum absolute atomic E-state index is 0.471. The van der Waals surface area contributed by atoms with Crippen LogP contribution in [0.5, 0.6) is 0 Å². The highest BCUT2D eigenvalue weighted by atomic mass is 15.6. The van der Waals surface area contributed by atoms with Crippen molar-refractivity contribution in [2.45, 2.75) is 18.9 Å². The molecule has 0 amide bonds. The van der Waals surface area contributed by atoms with Gasteiger partial charge in [0.05, 0.1) is 0 Å². The number of rotatable bonds is 2. The molecule has 6 heteroatoms. The zero-order chi connectivity index (χ0) is 9.97. The van der Waals surface area contributed by atoms with E-state index in [1.807, 2.05) is 7.05 Å². The molecule has 78 valence electrons. The summed E-state index contributed by atoms with van der Waals surface area (Å²) in [5, 5.41) is 14.6. The third-order valence-electron chi connectivity index (χ3n) is 2.58. The van der Waals surface area contributed by atoms with Crippen LogP contribution in [0.15, 0.2) is 0 Å². The Morgan fingerprint density at radius 3 is 2.93 bits per heavy atom. The van der Waals surface area contributed by atoms with E-state index >= 15 is 0 Å². The number of tetrazole rings is 1. The van der Waals surface area contributed by atoms with Gasteiger partial charge in [0.15, 0.2) is 0 Å². The SMILES string of the molecule is CN1CCCC(Nc2nnnn2C)C1. The third-order valence-corrected chi connectivity index (χ3v) is 2.58. The summed E-state index contributed by atoms with van der Waals surface area (Å²) in [6.07, 6.45) is 2.43. The van der Waals surface area contributed by atoms with Crippen molar-refractivity contribution in [1.82, 2.24) is 25.1 Å². The lowest BCUT2D eigenvalue weighted by Crippen LogP contribution is -2.40. The van der Waals surface area contributed by atoms with E-state index in [0.717, 1.165) is 12.5 Å². The van der Waals surface area contributed by atoms with Crippen LogP contribution in [0, 0.1) is 0 Å². The van der Waals surface area contributed by atoms with Crippen molar-refractivity contribution < 1.29 is 0 Å². The number of nitrogens with one attached hydrogen (secondary N) is 1. The standard InChI is InChI=1S/C8H16N6/c1-13-5-3-4-7(6-13)9-8-10-11-12-14(8)2/h7H,3-6H2,1-2H3,(H,9,10,12). The molecule has 0 radical (unpaired) electrons. The zero-order valence-electron chi connectivity index (χ0n) is 8.64. The van der Waals surface area contributed by atoms with E-state index in [0.29, 0.717) is 6.04 Å². The van der Waals surface area contributed by atoms with Gasteiger partial charge in [-0.2, -0.15) is 0 Å². The first-order valence-electron chi connectivity index (χ1n) is 4.93. The van der Waals surface area contributed by atoms with Gasteiger partial charge in [0.1, 0.15) is 0 Å². The summed E-state index contributed by atoms with van der Waals surface area (Å²) in [4.78, 5) is 2.32. The van der Waals surface area contributed by atoms with Gasteiger partial charge in [-0.25, -0.2) is 4.68 Å². The first kappa shape index (κ1) is 9.39. The summed E-state index contributed by atoms with van der Waals surface area (Å²) in [5.74, 6) is 0.755. The molecule has 1 aliphatic heterocycles. The van der Waals surface area contributed by atoms with Gasteiger partial charge in [-0.3, -0.25) is 0 Å². The van der Waals surface area contributed by atoms with Crippen LogP contribution in [0.3, 0.4) is 0 Å². The molecule has 0 aliphatic carbocycles. The van der Waals surface area contributed by atoms with Gasteiger partial charge in [-0.15, -0.1) is 0 Å². The third kappa shape index (κ3) is 2.01. The first-order valence-corrected chi connectivity index (χ1v) is 4.93. The molecule has 6 nitrogen and oxygen atoms in total. The van der Waals surface area contributed by atoms with Crippen LogP contribution >= 0.6 is 0 Å². The predicted molar refractivity (Wildman–Crippen MR) is 52.9 cm³/mol. The van der Waals surface area contributed by atoms with Gasteiger partial charge in [0, 0.05) is 19.6 Å². The molecule has 2 heterocycles. The molecule has 1 fully saturated rings. The zero-order valence-corrected chi connectivity index (χ0v) is 8.64. The summed E-state index contributed by atoms with van der Waals surface area (Å²) in [7, 11) is 3.98. The molecule has 1 N–H and O–H groups in total. The monoisotopic (exact) mass is 196 g/mol. The largest absolute Gasteiger partial charge is 0.349 e. The molecule has 0 spiro atoms. The molecule has 1 aliphatic rings. The van der Waals surface area contributed by atoms with Gasteiger partial charge in [0.25, 0.3) is 0 Å². The Balaban J connectivity index is 1.94. The van der Waals surface area contributed by atoms with Crippen molar-refractivity contribution >= 4 is 5.95 Å². The van der Waals surface area contributed by atoms with Crippen LogP contribution in [-0.2, 0) is 7.05 Å². The molecular formula is C8H16N6. The van der Waals surface area contributed by atoms with Gasteiger partial charge in [-0.1, -0.05) is 5.10 Å². The number of nitrogens with zero attached hydrogens (tertiary/aromatic N) is 5. The Bertz CT molecular complexity index is 296. The van der Waals surface area contributed by atoms with Crippen LogP contribution in [0.25, 0.3) is 0 Å². The maximum Gasteiger partial charge on any atom is 0.242 e. The molecule has 1 unspecified atom stereocenters. The second-order valence-electron chi connectivity index (χ2n) is 3.87. The Morgan fingerprint density at radius 1 is 1.43 bits per heavy atom. The number of anilines is 1. The average molecular weight is 196 g/mol. The molecule has 1 aromatic heterocycles. The Kier molecular flexibility index (Phi) is 2.62. The highest BCUT2D eigenvalue weighted by molar-refractivity contribution is 5.23. The number of piperidine rings is 1. The van der Waals surface area contributed by atoms with Crippen LogP contribution in [0.1, 0.15) is 12.8 Å². The molecule has 0 saturated carbocycles. The maximum atomic E-state index is 3.91. The average Bonchev–Trinajstić information content (AvgIpc) is 2.52. The van der Waals surface area contributed by atoms with Crippen molar-refractivity contribution in [2.24, 2.45) is 7.05 Å². The van der Waals surface area contributed by atoms with Gasteiger partial charge in [-0.05, 0) is 36.9 Å². The predicted octanol–water partition coefficient (Wildman–Crippen LogP) is -0.284. The quantitative estimate of drug-likeness (QED) is 0.704. The van der Waals surface area contributed by atoms with E-state index in [9.17, 15) is 0 Å². The van der Waals surface area contributed by atoms with E-state index < -0.39 is 0 Å². The van der Waals surface area contributed by atoms with E-state index in [-0.39, 0.29) is 0 Å². The molecular weight excluding hydrogens is 180 g/mol. The van der Waals surface area contributed by atoms with E-state index in [1.165, 1.54) is 19.4 Å². The molecule has 0 aromatic carbocycles. The molecule has 2 rings (SSSR count). The highest BCUT2D eigenvalue weighted by Gasteiger charge is 2.18. The fraction of sp³-hybridized carbons (Fsp3) is 0.875. The van der Waals surface area contributed by atoms with Gasteiger partial charge >= 0.3 is 0 Å². The number of aryl methyl sites for hydroxylation is 1. The second-order valence-corrected chi connectivity index (χ2v) is 3.87. The number of hydrogen-bond donors (Lipinski definition) is 1. The fourth-order valence-electron chi connectivity index (χ4n) is 1.82. The number of hydrogen-bond acceptors (Lipinski definition) is 5. The number of aromatic nitrogens is 4. The summed E-state index contributed by atoms with van der Waals surface area (Å²) >= 11 is 0. The van der Waals surface area contributed by atoms with Crippen molar-refractivity contribution in [2.75, 3.05) is 25.5 Å². The Labute approximate surface area is 83.3 Å². The van der Waals surface area contributed by atoms with Crippen LogP contribution < -0.4 is 5.32 Å². The molecule has 1 saturated heterocycles. The Hall–Kier alpha value is -1.17. The van der Waals surface area contributed by atoms with Crippen molar-refractivity contribution in [3.8, 4) is 0 Å². The molecule has 14 heavy (non-hydrogen) atoms. The van der Waals surface area contributed by atoms with Gasteiger partial charge < -0.3 is 10.2 Å². The topological polar surface area (TPSA) is 58.9 Å². The van der Waals surface area contributed by atoms with Crippen molar-refractivity contribution in [3.05, 3.63) is 0 Å². The minimum atomic E-state index is 0.471. The molecule has 1 aromatic rings. The fourth-order valence-corrected chi connectivity index (χ4v) is 1.82. The van der Waals surface area contributed by atoms with E-state index in [2.05, 4.69) is 32.8 Å².